The third-order valence-corrected chi connectivity index (χ3v) is 3.01. The lowest BCUT2D eigenvalue weighted by molar-refractivity contribution is -0.117. The van der Waals surface area contributed by atoms with Crippen LogP contribution in [-0.4, -0.2) is 26.4 Å². The van der Waals surface area contributed by atoms with Gasteiger partial charge in [0.15, 0.2) is 17.5 Å². The first kappa shape index (κ1) is 11.1. The van der Waals surface area contributed by atoms with Crippen LogP contribution in [0.1, 0.15) is 11.1 Å². The molecule has 0 unspecified atom stereocenters. The van der Waals surface area contributed by atoms with Crippen molar-refractivity contribution in [3.63, 3.8) is 0 Å². The standard InChI is InChI=1S/C11H12ClNO3/c12-5-7(14)6-13-10(15)8-3-1-2-4-9(8)11(13)16/h1-2,15-16H,3-6H2. The normalized spacial score (nSPS) is 13.8. The number of alkyl halides is 1. The molecule has 1 aromatic heterocycles. The molecule has 1 aromatic rings. The number of rotatable bonds is 3. The van der Waals surface area contributed by atoms with Gasteiger partial charge in [-0.3, -0.25) is 9.36 Å². The summed E-state index contributed by atoms with van der Waals surface area (Å²) in [5.41, 5.74) is 1.39. The molecule has 0 aliphatic heterocycles. The van der Waals surface area contributed by atoms with Crippen molar-refractivity contribution >= 4 is 17.4 Å². The fraction of sp³-hybridized carbons (Fsp3) is 0.364. The van der Waals surface area contributed by atoms with E-state index in [2.05, 4.69) is 0 Å². The number of aromatic hydroxyl groups is 2. The number of Topliss-reactive ketones (excluding diaryl/α,β-unsaturated/α-hetero) is 1. The highest BCUT2D eigenvalue weighted by molar-refractivity contribution is 6.27. The van der Waals surface area contributed by atoms with Gasteiger partial charge in [-0.1, -0.05) is 12.2 Å². The molecule has 1 aliphatic carbocycles. The molecule has 16 heavy (non-hydrogen) atoms. The summed E-state index contributed by atoms with van der Waals surface area (Å²) in [5, 5.41) is 19.7. The average Bonchev–Trinajstić information content (AvgIpc) is 2.55. The topological polar surface area (TPSA) is 62.5 Å². The number of carbonyl (C=O) groups is 1. The minimum Gasteiger partial charge on any atom is -0.494 e. The molecule has 0 fully saturated rings. The Morgan fingerprint density at radius 2 is 1.75 bits per heavy atom. The van der Waals surface area contributed by atoms with Gasteiger partial charge < -0.3 is 10.2 Å². The van der Waals surface area contributed by atoms with Crippen molar-refractivity contribution in [1.29, 1.82) is 0 Å². The maximum atomic E-state index is 11.2. The van der Waals surface area contributed by atoms with Gasteiger partial charge in [-0.05, 0) is 12.8 Å². The van der Waals surface area contributed by atoms with Crippen molar-refractivity contribution in [2.24, 2.45) is 0 Å². The van der Waals surface area contributed by atoms with E-state index >= 15 is 0 Å². The van der Waals surface area contributed by atoms with Gasteiger partial charge in [-0.2, -0.15) is 0 Å². The van der Waals surface area contributed by atoms with E-state index in [0.717, 1.165) is 0 Å². The van der Waals surface area contributed by atoms with Gasteiger partial charge in [0.05, 0.1) is 12.4 Å². The third kappa shape index (κ3) is 1.69. The van der Waals surface area contributed by atoms with Crippen LogP contribution in [0.2, 0.25) is 0 Å². The summed E-state index contributed by atoms with van der Waals surface area (Å²) >= 11 is 5.39. The van der Waals surface area contributed by atoms with Gasteiger partial charge in [0.1, 0.15) is 0 Å². The predicted molar refractivity (Wildman–Crippen MR) is 60.0 cm³/mol. The van der Waals surface area contributed by atoms with Gasteiger partial charge in [0.25, 0.3) is 0 Å². The summed E-state index contributed by atoms with van der Waals surface area (Å²) in [7, 11) is 0. The molecular formula is C11H12ClNO3. The molecule has 1 aliphatic rings. The van der Waals surface area contributed by atoms with Gasteiger partial charge >= 0.3 is 0 Å². The van der Waals surface area contributed by atoms with Crippen LogP contribution in [0.25, 0.3) is 0 Å². The van der Waals surface area contributed by atoms with Crippen molar-refractivity contribution in [2.75, 3.05) is 5.88 Å². The molecule has 2 N–H and O–H groups in total. The van der Waals surface area contributed by atoms with Crippen molar-refractivity contribution in [3.05, 3.63) is 23.3 Å². The summed E-state index contributed by atoms with van der Waals surface area (Å²) in [6.07, 6.45) is 5.01. The van der Waals surface area contributed by atoms with Crippen LogP contribution in [0.15, 0.2) is 12.2 Å². The molecule has 1 heterocycles. The smallest absolute Gasteiger partial charge is 0.198 e. The summed E-state index contributed by atoms with van der Waals surface area (Å²) in [6, 6.07) is 0. The Morgan fingerprint density at radius 3 is 2.19 bits per heavy atom. The number of hydrogen-bond acceptors (Lipinski definition) is 3. The molecule has 5 heteroatoms. The number of hydrogen-bond donors (Lipinski definition) is 2. The SMILES string of the molecule is O=C(CCl)Cn1c(O)c2c(c1O)CC=CC2. The second-order valence-electron chi connectivity index (χ2n) is 3.74. The predicted octanol–water partition coefficient (Wildman–Crippen LogP) is 1.36. The summed E-state index contributed by atoms with van der Waals surface area (Å²) in [4.78, 5) is 11.2. The van der Waals surface area contributed by atoms with Gasteiger partial charge in [-0.25, -0.2) is 0 Å². The number of aromatic nitrogens is 1. The molecule has 0 aromatic carbocycles. The zero-order chi connectivity index (χ0) is 11.7. The van der Waals surface area contributed by atoms with E-state index in [4.69, 9.17) is 11.6 Å². The molecule has 0 saturated heterocycles. The highest BCUT2D eigenvalue weighted by atomic mass is 35.5. The monoisotopic (exact) mass is 241 g/mol. The molecule has 0 radical (unpaired) electrons. The average molecular weight is 242 g/mol. The second kappa shape index (κ2) is 4.22. The van der Waals surface area contributed by atoms with Gasteiger partial charge in [0, 0.05) is 11.1 Å². The first-order valence-corrected chi connectivity index (χ1v) is 5.53. The van der Waals surface area contributed by atoms with Crippen LogP contribution in [0.5, 0.6) is 11.8 Å². The number of ketones is 1. The van der Waals surface area contributed by atoms with E-state index in [-0.39, 0.29) is 30.0 Å². The Kier molecular flexibility index (Phi) is 2.92. The first-order valence-electron chi connectivity index (χ1n) is 5.00. The van der Waals surface area contributed by atoms with Gasteiger partial charge in [0.2, 0.25) is 0 Å². The van der Waals surface area contributed by atoms with E-state index in [0.29, 0.717) is 24.0 Å². The number of fused-ring (bicyclic) bond motifs is 1. The van der Waals surface area contributed by atoms with Crippen molar-refractivity contribution in [2.45, 2.75) is 19.4 Å². The van der Waals surface area contributed by atoms with E-state index < -0.39 is 0 Å². The Balaban J connectivity index is 2.39. The maximum absolute atomic E-state index is 11.2. The minimum atomic E-state index is -0.243. The zero-order valence-corrected chi connectivity index (χ0v) is 9.37. The molecule has 0 amide bonds. The summed E-state index contributed by atoms with van der Waals surface area (Å²) < 4.78 is 1.21. The van der Waals surface area contributed by atoms with Crippen LogP contribution in [0.4, 0.5) is 0 Å². The number of nitrogens with zero attached hydrogens (tertiary/aromatic N) is 1. The fourth-order valence-corrected chi connectivity index (χ4v) is 1.98. The largest absolute Gasteiger partial charge is 0.494 e. The van der Waals surface area contributed by atoms with Crippen LogP contribution in [0, 0.1) is 0 Å². The van der Waals surface area contributed by atoms with Crippen molar-refractivity contribution in [1.82, 2.24) is 4.57 Å². The molecule has 86 valence electrons. The maximum Gasteiger partial charge on any atom is 0.198 e. The second-order valence-corrected chi connectivity index (χ2v) is 4.01. The van der Waals surface area contributed by atoms with E-state index in [1.54, 1.807) is 0 Å². The third-order valence-electron chi connectivity index (χ3n) is 2.71. The Bertz CT molecular complexity index is 431. The van der Waals surface area contributed by atoms with Crippen LogP contribution in [-0.2, 0) is 24.2 Å². The lowest BCUT2D eigenvalue weighted by Crippen LogP contribution is -2.10. The Labute approximate surface area is 97.8 Å². The molecule has 2 rings (SSSR count). The van der Waals surface area contributed by atoms with E-state index in [1.807, 2.05) is 12.2 Å². The molecule has 0 spiro atoms. The Hall–Kier alpha value is -1.42. The van der Waals surface area contributed by atoms with Crippen LogP contribution < -0.4 is 0 Å². The summed E-state index contributed by atoms with van der Waals surface area (Å²) in [5.74, 6) is -0.432. The minimum absolute atomic E-state index is 0.0321. The Morgan fingerprint density at radius 1 is 1.25 bits per heavy atom. The first-order chi connectivity index (χ1) is 7.65. The highest BCUT2D eigenvalue weighted by Gasteiger charge is 2.23. The van der Waals surface area contributed by atoms with E-state index in [1.165, 1.54) is 4.57 Å². The quantitative estimate of drug-likeness (QED) is 0.621. The van der Waals surface area contributed by atoms with Crippen molar-refractivity contribution < 1.29 is 15.0 Å². The number of halogens is 1. The van der Waals surface area contributed by atoms with Crippen LogP contribution >= 0.6 is 11.6 Å². The molecule has 0 saturated carbocycles. The lowest BCUT2D eigenvalue weighted by atomic mass is 10.0. The molecule has 4 nitrogen and oxygen atoms in total. The fourth-order valence-electron chi connectivity index (χ4n) is 1.90. The highest BCUT2D eigenvalue weighted by Crippen LogP contribution is 2.36. The van der Waals surface area contributed by atoms with E-state index in [9.17, 15) is 15.0 Å². The lowest BCUT2D eigenvalue weighted by Gasteiger charge is -2.04. The molecule has 0 atom stereocenters. The summed E-state index contributed by atoms with van der Waals surface area (Å²) in [6.45, 7) is -0.0891. The number of allylic oxidation sites excluding steroid dienone is 2. The van der Waals surface area contributed by atoms with Crippen LogP contribution in [0.3, 0.4) is 0 Å². The zero-order valence-electron chi connectivity index (χ0n) is 8.61. The van der Waals surface area contributed by atoms with Gasteiger partial charge in [-0.15, -0.1) is 11.6 Å². The molecule has 0 bridgehead atoms. The molecular weight excluding hydrogens is 230 g/mol. The van der Waals surface area contributed by atoms with Crippen molar-refractivity contribution in [3.8, 4) is 11.8 Å². The number of carbonyl (C=O) groups excluding carboxylic acids is 1.